The summed E-state index contributed by atoms with van der Waals surface area (Å²) >= 11 is 0. The highest BCUT2D eigenvalue weighted by Gasteiger charge is 2.21. The lowest BCUT2D eigenvalue weighted by atomic mass is 10.0. The topological polar surface area (TPSA) is 58.2 Å². The highest BCUT2D eigenvalue weighted by Crippen LogP contribution is 2.12. The fraction of sp³-hybridized carbons (Fsp3) is 0.429. The molecule has 1 aromatic rings. The Kier molecular flexibility index (Phi) is 19.5. The Morgan fingerprint density at radius 2 is 1.18 bits per heavy atom. The van der Waals surface area contributed by atoms with Gasteiger partial charge in [-0.15, -0.1) is 0 Å². The molecule has 0 spiro atoms. The molecule has 1 unspecified atom stereocenters. The summed E-state index contributed by atoms with van der Waals surface area (Å²) in [5.74, 6) is 0.0245. The first-order valence-corrected chi connectivity index (χ1v) is 14.5. The van der Waals surface area contributed by atoms with Crippen LogP contribution < -0.4 is 10.6 Å². The Labute approximate surface area is 237 Å². The number of rotatable bonds is 19. The minimum Gasteiger partial charge on any atom is -0.344 e. The average molecular weight is 531 g/mol. The van der Waals surface area contributed by atoms with Crippen molar-refractivity contribution in [2.24, 2.45) is 5.92 Å². The lowest BCUT2D eigenvalue weighted by Crippen LogP contribution is -2.44. The fourth-order valence-electron chi connectivity index (χ4n) is 3.69. The third kappa shape index (κ3) is 19.3. The lowest BCUT2D eigenvalue weighted by molar-refractivity contribution is -0.126. The number of carbonyl (C=O) groups excluding carboxylic acids is 2. The van der Waals surface area contributed by atoms with E-state index in [-0.39, 0.29) is 11.8 Å². The van der Waals surface area contributed by atoms with Crippen molar-refractivity contribution in [2.75, 3.05) is 5.32 Å². The number of aryl methyl sites for hydroxylation is 1. The molecular formula is C35H50N2O2. The summed E-state index contributed by atoms with van der Waals surface area (Å²) in [7, 11) is 0. The van der Waals surface area contributed by atoms with Gasteiger partial charge in [0.1, 0.15) is 6.04 Å². The van der Waals surface area contributed by atoms with E-state index in [9.17, 15) is 9.59 Å². The SMILES string of the molecule is CC/C=C\C/C=C\C/C=C\C/C=C\C/C=C\C/C=C\CCC(=O)NC(CC(C)C)C(=O)Nc1ccc(C)cc1. The summed E-state index contributed by atoms with van der Waals surface area (Å²) in [6, 6.07) is 7.13. The van der Waals surface area contributed by atoms with Crippen LogP contribution in [0, 0.1) is 12.8 Å². The van der Waals surface area contributed by atoms with E-state index in [2.05, 4.69) is 98.2 Å². The molecule has 2 amide bonds. The third-order valence-electron chi connectivity index (χ3n) is 5.81. The first-order valence-electron chi connectivity index (χ1n) is 14.5. The number of carbonyl (C=O) groups is 2. The van der Waals surface area contributed by atoms with Crippen molar-refractivity contribution in [1.29, 1.82) is 0 Å². The maximum absolute atomic E-state index is 12.8. The van der Waals surface area contributed by atoms with Crippen LogP contribution in [0.3, 0.4) is 0 Å². The van der Waals surface area contributed by atoms with E-state index in [1.54, 1.807) is 0 Å². The van der Waals surface area contributed by atoms with E-state index in [4.69, 9.17) is 0 Å². The first-order chi connectivity index (χ1) is 18.9. The van der Waals surface area contributed by atoms with Crippen LogP contribution >= 0.6 is 0 Å². The van der Waals surface area contributed by atoms with Crippen LogP contribution in [-0.2, 0) is 9.59 Å². The van der Waals surface area contributed by atoms with Crippen molar-refractivity contribution in [2.45, 2.75) is 91.5 Å². The first kappa shape index (κ1) is 33.6. The van der Waals surface area contributed by atoms with Gasteiger partial charge in [-0.1, -0.05) is 111 Å². The molecule has 0 aliphatic heterocycles. The smallest absolute Gasteiger partial charge is 0.246 e. The van der Waals surface area contributed by atoms with Crippen LogP contribution in [0.4, 0.5) is 5.69 Å². The molecule has 39 heavy (non-hydrogen) atoms. The molecule has 0 aliphatic rings. The highest BCUT2D eigenvalue weighted by molar-refractivity contribution is 5.97. The number of allylic oxidation sites excluding steroid dienone is 12. The second-order valence-electron chi connectivity index (χ2n) is 10.1. The van der Waals surface area contributed by atoms with Crippen molar-refractivity contribution in [3.63, 3.8) is 0 Å². The van der Waals surface area contributed by atoms with E-state index >= 15 is 0 Å². The molecule has 4 nitrogen and oxygen atoms in total. The highest BCUT2D eigenvalue weighted by atomic mass is 16.2. The van der Waals surface area contributed by atoms with E-state index in [1.165, 1.54) is 0 Å². The van der Waals surface area contributed by atoms with Gasteiger partial charge in [0.25, 0.3) is 0 Å². The van der Waals surface area contributed by atoms with E-state index in [1.807, 2.05) is 37.3 Å². The molecule has 1 atom stereocenters. The third-order valence-corrected chi connectivity index (χ3v) is 5.81. The largest absolute Gasteiger partial charge is 0.344 e. The zero-order chi connectivity index (χ0) is 28.6. The molecular weight excluding hydrogens is 480 g/mol. The maximum atomic E-state index is 12.8. The number of nitrogens with one attached hydrogen (secondary N) is 2. The van der Waals surface area contributed by atoms with Crippen LogP contribution in [0.2, 0.25) is 0 Å². The van der Waals surface area contributed by atoms with Crippen molar-refractivity contribution < 1.29 is 9.59 Å². The van der Waals surface area contributed by atoms with Crippen LogP contribution in [-0.4, -0.2) is 17.9 Å². The minimum absolute atomic E-state index is 0.0979. The Morgan fingerprint density at radius 1 is 0.718 bits per heavy atom. The Morgan fingerprint density at radius 3 is 1.64 bits per heavy atom. The Balaban J connectivity index is 2.22. The predicted octanol–water partition coefficient (Wildman–Crippen LogP) is 8.94. The predicted molar refractivity (Wildman–Crippen MR) is 169 cm³/mol. The molecule has 2 N–H and O–H groups in total. The molecule has 0 saturated heterocycles. The van der Waals surface area contributed by atoms with Gasteiger partial charge in [0.2, 0.25) is 11.8 Å². The molecule has 1 aromatic carbocycles. The minimum atomic E-state index is -0.538. The Bertz CT molecular complexity index is 978. The second-order valence-corrected chi connectivity index (χ2v) is 10.1. The molecule has 0 fully saturated rings. The van der Waals surface area contributed by atoms with Crippen molar-refractivity contribution >= 4 is 17.5 Å². The normalized spacial score (nSPS) is 13.3. The van der Waals surface area contributed by atoms with Gasteiger partial charge in [-0.25, -0.2) is 0 Å². The Hall–Kier alpha value is -3.40. The number of benzene rings is 1. The molecule has 1 rings (SSSR count). The van der Waals surface area contributed by atoms with Gasteiger partial charge in [0, 0.05) is 12.1 Å². The molecule has 4 heteroatoms. The van der Waals surface area contributed by atoms with Gasteiger partial charge >= 0.3 is 0 Å². The zero-order valence-corrected chi connectivity index (χ0v) is 24.6. The molecule has 0 radical (unpaired) electrons. The van der Waals surface area contributed by atoms with Gasteiger partial charge < -0.3 is 10.6 Å². The molecule has 0 aliphatic carbocycles. The summed E-state index contributed by atoms with van der Waals surface area (Å²) in [6.45, 7) is 8.26. The zero-order valence-electron chi connectivity index (χ0n) is 24.6. The number of hydrogen-bond donors (Lipinski definition) is 2. The van der Waals surface area contributed by atoms with Crippen LogP contribution in [0.15, 0.2) is 97.2 Å². The van der Waals surface area contributed by atoms with E-state index in [0.29, 0.717) is 25.2 Å². The van der Waals surface area contributed by atoms with Gasteiger partial charge in [0.15, 0.2) is 0 Å². The molecule has 0 heterocycles. The molecule has 0 aromatic heterocycles. The van der Waals surface area contributed by atoms with Gasteiger partial charge in [-0.2, -0.15) is 0 Å². The van der Waals surface area contributed by atoms with E-state index in [0.717, 1.165) is 49.8 Å². The summed E-state index contributed by atoms with van der Waals surface area (Å²) in [5.41, 5.74) is 1.88. The van der Waals surface area contributed by atoms with Gasteiger partial charge in [-0.05, 0) is 76.3 Å². The number of amides is 2. The maximum Gasteiger partial charge on any atom is 0.246 e. The molecule has 0 saturated carbocycles. The van der Waals surface area contributed by atoms with Crippen molar-refractivity contribution in [3.8, 4) is 0 Å². The quantitative estimate of drug-likeness (QED) is 0.175. The van der Waals surface area contributed by atoms with Crippen molar-refractivity contribution in [3.05, 3.63) is 103 Å². The molecule has 0 bridgehead atoms. The number of anilines is 1. The van der Waals surface area contributed by atoms with Crippen molar-refractivity contribution in [1.82, 2.24) is 5.32 Å². The summed E-state index contributed by atoms with van der Waals surface area (Å²) in [6.07, 6.45) is 33.5. The summed E-state index contributed by atoms with van der Waals surface area (Å²) in [5, 5.41) is 5.84. The summed E-state index contributed by atoms with van der Waals surface area (Å²) in [4.78, 5) is 25.2. The standard InChI is InChI=1S/C35H50N2O2/c1-5-6-7-8-9-10-11-12-13-14-15-16-17-18-19-20-21-22-23-24-34(38)37-33(29-30(2)3)35(39)36-32-27-25-31(4)26-28-32/h6-7,9-10,12-13,15-16,18-19,21-22,25-28,30,33H,5,8,11,14,17,20,23-24,29H2,1-4H3,(H,36,39)(H,37,38)/b7-6-,10-9-,13-12-,16-15-,19-18-,22-21-. The van der Waals surface area contributed by atoms with Gasteiger partial charge in [0.05, 0.1) is 0 Å². The van der Waals surface area contributed by atoms with Gasteiger partial charge in [-0.3, -0.25) is 9.59 Å². The fourth-order valence-corrected chi connectivity index (χ4v) is 3.69. The van der Waals surface area contributed by atoms with Crippen LogP contribution in [0.25, 0.3) is 0 Å². The average Bonchev–Trinajstić information content (AvgIpc) is 2.90. The lowest BCUT2D eigenvalue weighted by Gasteiger charge is -2.20. The van der Waals surface area contributed by atoms with Crippen LogP contribution in [0.5, 0.6) is 0 Å². The van der Waals surface area contributed by atoms with Crippen LogP contribution in [0.1, 0.15) is 84.1 Å². The summed E-state index contributed by atoms with van der Waals surface area (Å²) < 4.78 is 0. The number of hydrogen-bond acceptors (Lipinski definition) is 2. The van der Waals surface area contributed by atoms with E-state index < -0.39 is 6.04 Å². The second kappa shape index (κ2) is 22.6. The monoisotopic (exact) mass is 530 g/mol. The molecule has 212 valence electrons.